The number of nitrogens with zero attached hydrogens (tertiary/aromatic N) is 5. The Labute approximate surface area is 154 Å². The van der Waals surface area contributed by atoms with Gasteiger partial charge in [-0.3, -0.25) is 9.69 Å². The van der Waals surface area contributed by atoms with Crippen LogP contribution >= 0.6 is 11.3 Å². The quantitative estimate of drug-likeness (QED) is 0.658. The molecule has 8 nitrogen and oxygen atoms in total. The minimum atomic E-state index is -0.0935. The molecule has 0 spiro atoms. The van der Waals surface area contributed by atoms with Gasteiger partial charge in [-0.1, -0.05) is 17.4 Å². The number of hydrogen-bond donors (Lipinski definition) is 0. The van der Waals surface area contributed by atoms with Crippen LogP contribution in [-0.4, -0.2) is 52.0 Å². The highest BCUT2D eigenvalue weighted by Crippen LogP contribution is 2.34. The minimum Gasteiger partial charge on any atom is -0.494 e. The van der Waals surface area contributed by atoms with Gasteiger partial charge in [-0.25, -0.2) is 14.6 Å². The standard InChI is InChI=1S/C17H19N5O3S/c1-24-13-5-2-6-14-16(13)20-17(26-14)22(8-12-4-3-7-25-12)15(23)9-21-11-18-10-19-21/h2,5-6,10-12H,3-4,7-9H2,1H3. The average molecular weight is 373 g/mol. The molecule has 0 aliphatic carbocycles. The number of thiazole rings is 1. The monoisotopic (exact) mass is 373 g/mol. The Morgan fingerprint density at radius 3 is 3.15 bits per heavy atom. The molecule has 4 rings (SSSR count). The number of amides is 1. The van der Waals surface area contributed by atoms with Gasteiger partial charge in [0.2, 0.25) is 0 Å². The summed E-state index contributed by atoms with van der Waals surface area (Å²) in [7, 11) is 1.62. The molecule has 26 heavy (non-hydrogen) atoms. The number of carbonyl (C=O) groups excluding carboxylic acids is 1. The molecule has 1 amide bonds. The van der Waals surface area contributed by atoms with Crippen LogP contribution in [0, 0.1) is 0 Å². The summed E-state index contributed by atoms with van der Waals surface area (Å²) < 4.78 is 13.6. The Hall–Kier alpha value is -2.52. The molecule has 3 aromatic rings. The van der Waals surface area contributed by atoms with Crippen LogP contribution in [0.1, 0.15) is 12.8 Å². The third-order valence-electron chi connectivity index (χ3n) is 4.30. The Balaban J connectivity index is 1.66. The van der Waals surface area contributed by atoms with E-state index in [4.69, 9.17) is 9.47 Å². The van der Waals surface area contributed by atoms with Crippen molar-refractivity contribution in [1.82, 2.24) is 19.7 Å². The predicted octanol–water partition coefficient (Wildman–Crippen LogP) is 2.11. The van der Waals surface area contributed by atoms with Gasteiger partial charge >= 0.3 is 0 Å². The van der Waals surface area contributed by atoms with Gasteiger partial charge in [-0.15, -0.1) is 0 Å². The SMILES string of the molecule is COc1cccc2sc(N(CC3CCCO3)C(=O)Cn3cncn3)nc12. The van der Waals surface area contributed by atoms with E-state index in [1.54, 1.807) is 12.0 Å². The van der Waals surface area contributed by atoms with E-state index in [2.05, 4.69) is 15.1 Å². The fourth-order valence-corrected chi connectivity index (χ4v) is 4.02. The molecule has 136 valence electrons. The third kappa shape index (κ3) is 3.40. The zero-order valence-electron chi connectivity index (χ0n) is 14.4. The van der Waals surface area contributed by atoms with Crippen molar-refractivity contribution < 1.29 is 14.3 Å². The minimum absolute atomic E-state index is 0.0311. The molecule has 1 atom stereocenters. The van der Waals surface area contributed by atoms with E-state index in [1.807, 2.05) is 18.2 Å². The second-order valence-electron chi connectivity index (χ2n) is 6.04. The Kier molecular flexibility index (Phi) is 4.81. The Morgan fingerprint density at radius 2 is 2.42 bits per heavy atom. The van der Waals surface area contributed by atoms with E-state index in [1.165, 1.54) is 28.7 Å². The third-order valence-corrected chi connectivity index (χ3v) is 5.34. The molecule has 1 unspecified atom stereocenters. The van der Waals surface area contributed by atoms with Crippen molar-refractivity contribution in [2.75, 3.05) is 25.2 Å². The largest absolute Gasteiger partial charge is 0.494 e. The van der Waals surface area contributed by atoms with Crippen LogP contribution in [0.5, 0.6) is 5.75 Å². The molecular formula is C17H19N5O3S. The summed E-state index contributed by atoms with van der Waals surface area (Å²) in [5.74, 6) is 0.606. The summed E-state index contributed by atoms with van der Waals surface area (Å²) in [4.78, 5) is 23.2. The first-order valence-corrected chi connectivity index (χ1v) is 9.24. The van der Waals surface area contributed by atoms with E-state index >= 15 is 0 Å². The van der Waals surface area contributed by atoms with Gasteiger partial charge in [0.1, 0.15) is 30.5 Å². The van der Waals surface area contributed by atoms with Crippen LogP contribution in [-0.2, 0) is 16.1 Å². The smallest absolute Gasteiger partial charge is 0.250 e. The van der Waals surface area contributed by atoms with E-state index in [0.29, 0.717) is 17.4 Å². The van der Waals surface area contributed by atoms with Crippen LogP contribution in [0.3, 0.4) is 0 Å². The molecule has 3 heterocycles. The number of para-hydroxylation sites is 1. The van der Waals surface area contributed by atoms with Crippen molar-refractivity contribution >= 4 is 32.6 Å². The summed E-state index contributed by atoms with van der Waals surface area (Å²) in [6, 6.07) is 5.77. The number of hydrogen-bond acceptors (Lipinski definition) is 7. The number of anilines is 1. The Bertz CT molecular complexity index is 889. The number of ether oxygens (including phenoxy) is 2. The predicted molar refractivity (Wildman–Crippen MR) is 97.5 cm³/mol. The highest BCUT2D eigenvalue weighted by atomic mass is 32.1. The number of benzene rings is 1. The molecule has 0 bridgehead atoms. The first-order chi connectivity index (χ1) is 12.7. The second-order valence-corrected chi connectivity index (χ2v) is 7.04. The van der Waals surface area contributed by atoms with Crippen molar-refractivity contribution in [3.8, 4) is 5.75 Å². The molecule has 2 aromatic heterocycles. The van der Waals surface area contributed by atoms with Crippen molar-refractivity contribution in [1.29, 1.82) is 0 Å². The molecular weight excluding hydrogens is 354 g/mol. The first-order valence-electron chi connectivity index (χ1n) is 8.42. The number of carbonyl (C=O) groups is 1. The number of aromatic nitrogens is 4. The van der Waals surface area contributed by atoms with Gasteiger partial charge in [-0.05, 0) is 25.0 Å². The molecule has 9 heteroatoms. The lowest BCUT2D eigenvalue weighted by Crippen LogP contribution is -2.39. The summed E-state index contributed by atoms with van der Waals surface area (Å²) in [6.07, 6.45) is 4.94. The fraction of sp³-hybridized carbons (Fsp3) is 0.412. The molecule has 0 saturated carbocycles. The number of fused-ring (bicyclic) bond motifs is 1. The van der Waals surface area contributed by atoms with Crippen LogP contribution in [0.15, 0.2) is 30.9 Å². The van der Waals surface area contributed by atoms with E-state index in [-0.39, 0.29) is 18.6 Å². The van der Waals surface area contributed by atoms with Gasteiger partial charge < -0.3 is 9.47 Å². The first kappa shape index (κ1) is 16.9. The van der Waals surface area contributed by atoms with E-state index < -0.39 is 0 Å². The maximum atomic E-state index is 12.9. The van der Waals surface area contributed by atoms with Gasteiger partial charge in [0.15, 0.2) is 5.13 Å². The van der Waals surface area contributed by atoms with Crippen molar-refractivity contribution in [2.45, 2.75) is 25.5 Å². The molecule has 1 aromatic carbocycles. The highest BCUT2D eigenvalue weighted by molar-refractivity contribution is 7.22. The van der Waals surface area contributed by atoms with Gasteiger partial charge in [0.25, 0.3) is 5.91 Å². The summed E-state index contributed by atoms with van der Waals surface area (Å²) in [5, 5.41) is 4.67. The molecule has 1 aliphatic rings. The lowest BCUT2D eigenvalue weighted by molar-refractivity contribution is -0.119. The van der Waals surface area contributed by atoms with E-state index in [0.717, 1.165) is 29.7 Å². The molecule has 0 radical (unpaired) electrons. The maximum absolute atomic E-state index is 12.9. The number of methoxy groups -OCH3 is 1. The molecule has 1 aliphatic heterocycles. The zero-order valence-corrected chi connectivity index (χ0v) is 15.2. The van der Waals surface area contributed by atoms with Crippen LogP contribution in [0.4, 0.5) is 5.13 Å². The molecule has 1 fully saturated rings. The average Bonchev–Trinajstić information content (AvgIpc) is 3.39. The van der Waals surface area contributed by atoms with Gasteiger partial charge in [0, 0.05) is 6.61 Å². The Morgan fingerprint density at radius 1 is 1.50 bits per heavy atom. The normalized spacial score (nSPS) is 16.9. The zero-order chi connectivity index (χ0) is 17.9. The summed E-state index contributed by atoms with van der Waals surface area (Å²) >= 11 is 1.47. The van der Waals surface area contributed by atoms with Gasteiger partial charge in [-0.2, -0.15) is 5.10 Å². The van der Waals surface area contributed by atoms with Crippen LogP contribution in [0.25, 0.3) is 10.2 Å². The summed E-state index contributed by atoms with van der Waals surface area (Å²) in [6.45, 7) is 1.33. The summed E-state index contributed by atoms with van der Waals surface area (Å²) in [5.41, 5.74) is 0.765. The second kappa shape index (κ2) is 7.38. The van der Waals surface area contributed by atoms with Gasteiger partial charge in [0.05, 0.1) is 24.5 Å². The van der Waals surface area contributed by atoms with Crippen molar-refractivity contribution in [2.24, 2.45) is 0 Å². The lowest BCUT2D eigenvalue weighted by Gasteiger charge is -2.22. The van der Waals surface area contributed by atoms with Crippen molar-refractivity contribution in [3.05, 3.63) is 30.9 Å². The van der Waals surface area contributed by atoms with E-state index in [9.17, 15) is 4.79 Å². The molecule has 0 N–H and O–H groups in total. The maximum Gasteiger partial charge on any atom is 0.250 e. The van der Waals surface area contributed by atoms with Crippen LogP contribution < -0.4 is 9.64 Å². The topological polar surface area (TPSA) is 82.4 Å². The van der Waals surface area contributed by atoms with Crippen LogP contribution in [0.2, 0.25) is 0 Å². The highest BCUT2D eigenvalue weighted by Gasteiger charge is 2.27. The van der Waals surface area contributed by atoms with Crippen molar-refractivity contribution in [3.63, 3.8) is 0 Å². The number of rotatable bonds is 6. The fourth-order valence-electron chi connectivity index (χ4n) is 3.01. The lowest BCUT2D eigenvalue weighted by atomic mass is 10.2. The molecule has 1 saturated heterocycles.